The molecule has 28 heavy (non-hydrogen) atoms. The van der Waals surface area contributed by atoms with E-state index >= 15 is 0 Å². The zero-order valence-corrected chi connectivity index (χ0v) is 16.3. The molecule has 1 fully saturated rings. The fourth-order valence-corrected chi connectivity index (χ4v) is 4.31. The highest BCUT2D eigenvalue weighted by Crippen LogP contribution is 2.27. The molecular formula is C20H24N6O2. The molecule has 1 saturated heterocycles. The van der Waals surface area contributed by atoms with Crippen LogP contribution in [0.15, 0.2) is 23.0 Å². The van der Waals surface area contributed by atoms with Gasteiger partial charge in [-0.1, -0.05) is 0 Å². The Morgan fingerprint density at radius 3 is 2.96 bits per heavy atom. The number of rotatable bonds is 3. The van der Waals surface area contributed by atoms with Crippen LogP contribution in [0.4, 0.5) is 5.82 Å². The van der Waals surface area contributed by atoms with Gasteiger partial charge in [-0.3, -0.25) is 4.79 Å². The quantitative estimate of drug-likeness (QED) is 0.688. The normalized spacial score (nSPS) is 19.4. The van der Waals surface area contributed by atoms with E-state index in [0.29, 0.717) is 19.8 Å². The molecule has 0 bridgehead atoms. The lowest BCUT2D eigenvalue weighted by Crippen LogP contribution is -2.39. The van der Waals surface area contributed by atoms with Gasteiger partial charge >= 0.3 is 0 Å². The summed E-state index contributed by atoms with van der Waals surface area (Å²) in [6.45, 7) is 6.66. The highest BCUT2D eigenvalue weighted by atomic mass is 16.5. The topological polar surface area (TPSA) is 77.5 Å². The zero-order valence-electron chi connectivity index (χ0n) is 16.3. The van der Waals surface area contributed by atoms with Gasteiger partial charge in [0.2, 0.25) is 0 Å². The van der Waals surface area contributed by atoms with Crippen LogP contribution in [0.5, 0.6) is 0 Å². The van der Waals surface area contributed by atoms with E-state index in [1.165, 1.54) is 0 Å². The van der Waals surface area contributed by atoms with Gasteiger partial charge in [0.15, 0.2) is 5.65 Å². The lowest BCUT2D eigenvalue weighted by Gasteiger charge is -2.27. The van der Waals surface area contributed by atoms with Crippen molar-refractivity contribution in [3.8, 4) is 0 Å². The minimum Gasteiger partial charge on any atom is -0.376 e. The van der Waals surface area contributed by atoms with Gasteiger partial charge in [0.25, 0.3) is 5.56 Å². The van der Waals surface area contributed by atoms with Crippen LogP contribution in [-0.4, -0.2) is 43.6 Å². The Hall–Kier alpha value is -2.74. The van der Waals surface area contributed by atoms with Crippen molar-refractivity contribution < 1.29 is 4.74 Å². The number of hydrogen-bond donors (Lipinski definition) is 0. The lowest BCUT2D eigenvalue weighted by molar-refractivity contribution is 0.108. The Kier molecular flexibility index (Phi) is 4.16. The molecule has 1 unspecified atom stereocenters. The molecule has 0 aromatic carbocycles. The predicted octanol–water partition coefficient (Wildman–Crippen LogP) is 1.64. The molecule has 2 aliphatic rings. The summed E-state index contributed by atoms with van der Waals surface area (Å²) in [6, 6.07) is 5.97. The van der Waals surface area contributed by atoms with Crippen molar-refractivity contribution in [2.24, 2.45) is 0 Å². The highest BCUT2D eigenvalue weighted by Gasteiger charge is 2.28. The van der Waals surface area contributed by atoms with Gasteiger partial charge in [-0.2, -0.15) is 14.7 Å². The van der Waals surface area contributed by atoms with E-state index in [0.717, 1.165) is 59.9 Å². The molecule has 146 valence electrons. The second-order valence-corrected chi connectivity index (χ2v) is 7.74. The van der Waals surface area contributed by atoms with Gasteiger partial charge < -0.3 is 9.64 Å². The lowest BCUT2D eigenvalue weighted by atomic mass is 10.1. The minimum atomic E-state index is -0.0536. The van der Waals surface area contributed by atoms with Crippen molar-refractivity contribution in [2.45, 2.75) is 52.3 Å². The molecule has 0 aliphatic carbocycles. The molecule has 2 aliphatic heterocycles. The van der Waals surface area contributed by atoms with Gasteiger partial charge in [0.05, 0.1) is 37.2 Å². The molecule has 0 N–H and O–H groups in total. The Balaban J connectivity index is 1.50. The molecule has 0 spiro atoms. The molecular weight excluding hydrogens is 356 g/mol. The first-order valence-corrected chi connectivity index (χ1v) is 9.87. The number of ether oxygens (including phenoxy) is 1. The number of aryl methyl sites for hydroxylation is 2. The van der Waals surface area contributed by atoms with Crippen molar-refractivity contribution >= 4 is 11.5 Å². The van der Waals surface area contributed by atoms with Crippen LogP contribution >= 0.6 is 0 Å². The number of fused-ring (bicyclic) bond motifs is 2. The van der Waals surface area contributed by atoms with E-state index in [-0.39, 0.29) is 11.6 Å². The molecule has 5 rings (SSSR count). The first-order chi connectivity index (χ1) is 13.6. The van der Waals surface area contributed by atoms with Crippen LogP contribution < -0.4 is 10.5 Å². The molecule has 8 heteroatoms. The van der Waals surface area contributed by atoms with Crippen molar-refractivity contribution in [3.63, 3.8) is 0 Å². The zero-order chi connectivity index (χ0) is 19.3. The first-order valence-electron chi connectivity index (χ1n) is 9.87. The van der Waals surface area contributed by atoms with Crippen LogP contribution in [0.1, 0.15) is 35.5 Å². The SMILES string of the molecule is Cc1cc(N2CCCC2Cn2nc3c(cc2=O)COCC3)n2nc(C)cc2n1. The number of nitrogens with zero attached hydrogens (tertiary/aromatic N) is 6. The van der Waals surface area contributed by atoms with Gasteiger partial charge in [0.1, 0.15) is 5.82 Å². The molecule has 5 heterocycles. The summed E-state index contributed by atoms with van der Waals surface area (Å²) in [4.78, 5) is 19.5. The standard InChI is InChI=1S/C20H24N6O2/c1-13-9-19(26-18(21-13)8-14(2)22-26)24-6-3-4-16(24)11-25-20(27)10-15-12-28-7-5-17(15)23-25/h8-10,16H,3-7,11-12H2,1-2H3. The van der Waals surface area contributed by atoms with Gasteiger partial charge in [-0.15, -0.1) is 0 Å². The third-order valence-corrected chi connectivity index (χ3v) is 5.62. The molecule has 0 radical (unpaired) electrons. The third kappa shape index (κ3) is 2.97. The van der Waals surface area contributed by atoms with E-state index in [4.69, 9.17) is 4.74 Å². The number of hydrogen-bond acceptors (Lipinski definition) is 6. The van der Waals surface area contributed by atoms with Crippen molar-refractivity contribution in [1.82, 2.24) is 24.4 Å². The summed E-state index contributed by atoms with van der Waals surface area (Å²) in [5, 5.41) is 9.28. The molecule has 0 saturated carbocycles. The molecule has 8 nitrogen and oxygen atoms in total. The van der Waals surface area contributed by atoms with Crippen molar-refractivity contribution in [3.05, 3.63) is 51.2 Å². The smallest absolute Gasteiger partial charge is 0.267 e. The maximum Gasteiger partial charge on any atom is 0.267 e. The maximum absolute atomic E-state index is 12.6. The summed E-state index contributed by atoms with van der Waals surface area (Å²) >= 11 is 0. The highest BCUT2D eigenvalue weighted by molar-refractivity contribution is 5.53. The van der Waals surface area contributed by atoms with Crippen LogP contribution in [0.3, 0.4) is 0 Å². The average Bonchev–Trinajstić information content (AvgIpc) is 3.27. The molecule has 3 aromatic rings. The van der Waals surface area contributed by atoms with E-state index in [1.807, 2.05) is 24.4 Å². The Labute approximate surface area is 162 Å². The largest absolute Gasteiger partial charge is 0.376 e. The first kappa shape index (κ1) is 17.4. The van der Waals surface area contributed by atoms with Crippen molar-refractivity contribution in [1.29, 1.82) is 0 Å². The summed E-state index contributed by atoms with van der Waals surface area (Å²) in [6.07, 6.45) is 2.87. The molecule has 0 amide bonds. The van der Waals surface area contributed by atoms with Crippen LogP contribution in [0.25, 0.3) is 5.65 Å². The Morgan fingerprint density at radius 1 is 1.18 bits per heavy atom. The van der Waals surface area contributed by atoms with Gasteiger partial charge in [0, 0.05) is 42.4 Å². The fourth-order valence-electron chi connectivity index (χ4n) is 4.31. The number of aromatic nitrogens is 5. The van der Waals surface area contributed by atoms with Gasteiger partial charge in [-0.05, 0) is 26.7 Å². The van der Waals surface area contributed by atoms with E-state index < -0.39 is 0 Å². The van der Waals surface area contributed by atoms with Crippen molar-refractivity contribution in [2.75, 3.05) is 18.1 Å². The number of anilines is 1. The third-order valence-electron chi connectivity index (χ3n) is 5.62. The average molecular weight is 380 g/mol. The summed E-state index contributed by atoms with van der Waals surface area (Å²) < 4.78 is 8.99. The predicted molar refractivity (Wildman–Crippen MR) is 105 cm³/mol. The fraction of sp³-hybridized carbons (Fsp3) is 0.500. The summed E-state index contributed by atoms with van der Waals surface area (Å²) in [5.41, 5.74) is 4.64. The Morgan fingerprint density at radius 2 is 2.07 bits per heavy atom. The van der Waals surface area contributed by atoms with E-state index in [2.05, 4.69) is 26.1 Å². The minimum absolute atomic E-state index is 0.0536. The Bertz CT molecular complexity index is 1100. The van der Waals surface area contributed by atoms with E-state index in [1.54, 1.807) is 10.7 Å². The monoisotopic (exact) mass is 380 g/mol. The van der Waals surface area contributed by atoms with Crippen LogP contribution in [0, 0.1) is 13.8 Å². The maximum atomic E-state index is 12.6. The van der Waals surface area contributed by atoms with Crippen LogP contribution in [-0.2, 0) is 24.3 Å². The van der Waals surface area contributed by atoms with Crippen LogP contribution in [0.2, 0.25) is 0 Å². The second kappa shape index (κ2) is 6.70. The summed E-state index contributed by atoms with van der Waals surface area (Å²) in [7, 11) is 0. The summed E-state index contributed by atoms with van der Waals surface area (Å²) in [5.74, 6) is 1.04. The molecule has 3 aromatic heterocycles. The van der Waals surface area contributed by atoms with Gasteiger partial charge in [-0.25, -0.2) is 9.67 Å². The molecule has 1 atom stereocenters. The van der Waals surface area contributed by atoms with E-state index in [9.17, 15) is 4.79 Å². The second-order valence-electron chi connectivity index (χ2n) is 7.74.